The Bertz CT molecular complexity index is 715. The smallest absolute Gasteiger partial charge is 0.328 e. The molecule has 5 nitrogen and oxygen atoms in total. The fourth-order valence-electron chi connectivity index (χ4n) is 2.53. The summed E-state index contributed by atoms with van der Waals surface area (Å²) in [5.41, 5.74) is 2.08. The minimum absolute atomic E-state index is 0.155. The summed E-state index contributed by atoms with van der Waals surface area (Å²) in [7, 11) is 0. The van der Waals surface area contributed by atoms with Crippen LogP contribution < -0.4 is 10.1 Å². The summed E-state index contributed by atoms with van der Waals surface area (Å²) in [6, 6.07) is 16.4. The van der Waals surface area contributed by atoms with Crippen molar-refractivity contribution >= 4 is 11.9 Å². The molecular formula is C21H25NO4. The molecule has 138 valence electrons. The molecule has 1 amide bonds. The van der Waals surface area contributed by atoms with Crippen LogP contribution in [0, 0.1) is 0 Å². The second-order valence-corrected chi connectivity index (χ2v) is 5.85. The summed E-state index contributed by atoms with van der Waals surface area (Å²) >= 11 is 0. The van der Waals surface area contributed by atoms with Crippen molar-refractivity contribution < 1.29 is 19.1 Å². The largest absolute Gasteiger partial charge is 0.484 e. The summed E-state index contributed by atoms with van der Waals surface area (Å²) in [5, 5.41) is 2.71. The summed E-state index contributed by atoms with van der Waals surface area (Å²) in [6.07, 6.45) is 1.27. The second kappa shape index (κ2) is 10.2. The summed E-state index contributed by atoms with van der Waals surface area (Å²) in [6.45, 7) is 3.90. The number of amides is 1. The number of ether oxygens (including phenoxy) is 2. The number of hydrogen-bond acceptors (Lipinski definition) is 4. The lowest BCUT2D eigenvalue weighted by Gasteiger charge is -2.17. The molecule has 2 aromatic rings. The van der Waals surface area contributed by atoms with E-state index in [2.05, 4.69) is 12.2 Å². The monoisotopic (exact) mass is 355 g/mol. The van der Waals surface area contributed by atoms with Gasteiger partial charge in [0.25, 0.3) is 5.91 Å². The highest BCUT2D eigenvalue weighted by molar-refractivity contribution is 5.85. The number of nitrogens with one attached hydrogen (secondary N) is 1. The lowest BCUT2D eigenvalue weighted by Crippen LogP contribution is -2.45. The lowest BCUT2D eigenvalue weighted by molar-refractivity contribution is -0.147. The predicted molar refractivity (Wildman–Crippen MR) is 100 cm³/mol. The lowest BCUT2D eigenvalue weighted by atomic mass is 10.1. The number of benzene rings is 2. The Morgan fingerprint density at radius 2 is 1.73 bits per heavy atom. The van der Waals surface area contributed by atoms with Crippen LogP contribution in [-0.4, -0.2) is 31.1 Å². The first-order valence-corrected chi connectivity index (χ1v) is 8.84. The van der Waals surface area contributed by atoms with Crippen LogP contribution in [0.15, 0.2) is 54.6 Å². The minimum Gasteiger partial charge on any atom is -0.484 e. The van der Waals surface area contributed by atoms with Gasteiger partial charge in [-0.1, -0.05) is 49.4 Å². The van der Waals surface area contributed by atoms with Gasteiger partial charge in [-0.3, -0.25) is 4.79 Å². The van der Waals surface area contributed by atoms with Gasteiger partial charge in [0.05, 0.1) is 6.61 Å². The zero-order valence-electron chi connectivity index (χ0n) is 15.2. The van der Waals surface area contributed by atoms with E-state index < -0.39 is 12.0 Å². The molecule has 0 spiro atoms. The highest BCUT2D eigenvalue weighted by atomic mass is 16.5. The van der Waals surface area contributed by atoms with Gasteiger partial charge in [-0.05, 0) is 36.6 Å². The summed E-state index contributed by atoms with van der Waals surface area (Å²) in [4.78, 5) is 24.4. The van der Waals surface area contributed by atoms with Crippen molar-refractivity contribution in [2.75, 3.05) is 13.2 Å². The van der Waals surface area contributed by atoms with Crippen LogP contribution in [0.4, 0.5) is 0 Å². The molecule has 2 aromatic carbocycles. The Morgan fingerprint density at radius 1 is 1.00 bits per heavy atom. The minimum atomic E-state index is -0.740. The SMILES string of the molecule is CCOC(=O)C(Cc1ccccc1)NC(=O)COc1cccc(CC)c1. The molecule has 0 radical (unpaired) electrons. The van der Waals surface area contributed by atoms with Crippen LogP contribution in [-0.2, 0) is 27.2 Å². The van der Waals surface area contributed by atoms with Crippen LogP contribution in [0.25, 0.3) is 0 Å². The van der Waals surface area contributed by atoms with Crippen molar-refractivity contribution in [1.82, 2.24) is 5.32 Å². The maximum Gasteiger partial charge on any atom is 0.328 e. The second-order valence-electron chi connectivity index (χ2n) is 5.85. The maximum atomic E-state index is 12.2. The van der Waals surface area contributed by atoms with Gasteiger partial charge in [-0.2, -0.15) is 0 Å². The van der Waals surface area contributed by atoms with Gasteiger partial charge in [-0.25, -0.2) is 4.79 Å². The molecule has 5 heteroatoms. The summed E-state index contributed by atoms with van der Waals surface area (Å²) < 4.78 is 10.6. The highest BCUT2D eigenvalue weighted by Gasteiger charge is 2.22. The van der Waals surface area contributed by atoms with E-state index in [1.807, 2.05) is 48.5 Å². The Morgan fingerprint density at radius 3 is 2.42 bits per heavy atom. The van der Waals surface area contributed by atoms with Crippen LogP contribution in [0.5, 0.6) is 5.75 Å². The van der Waals surface area contributed by atoms with E-state index in [9.17, 15) is 9.59 Å². The Balaban J connectivity index is 1.95. The number of aryl methyl sites for hydroxylation is 1. The van der Waals surface area contributed by atoms with Crippen molar-refractivity contribution in [1.29, 1.82) is 0 Å². The van der Waals surface area contributed by atoms with Crippen LogP contribution in [0.1, 0.15) is 25.0 Å². The number of esters is 1. The zero-order chi connectivity index (χ0) is 18.8. The summed E-state index contributed by atoms with van der Waals surface area (Å²) in [5.74, 6) is -0.172. The molecule has 2 rings (SSSR count). The van der Waals surface area contributed by atoms with Crippen molar-refractivity contribution in [3.05, 3.63) is 65.7 Å². The van der Waals surface area contributed by atoms with Gasteiger partial charge in [-0.15, -0.1) is 0 Å². The molecular weight excluding hydrogens is 330 g/mol. The molecule has 0 bridgehead atoms. The Kier molecular flexibility index (Phi) is 7.68. The van der Waals surface area contributed by atoms with Crippen molar-refractivity contribution in [3.63, 3.8) is 0 Å². The van der Waals surface area contributed by atoms with E-state index in [4.69, 9.17) is 9.47 Å². The van der Waals surface area contributed by atoms with Gasteiger partial charge in [0, 0.05) is 6.42 Å². The number of hydrogen-bond donors (Lipinski definition) is 1. The van der Waals surface area contributed by atoms with Crippen molar-refractivity contribution in [2.45, 2.75) is 32.7 Å². The molecule has 1 atom stereocenters. The van der Waals surface area contributed by atoms with Crippen molar-refractivity contribution in [3.8, 4) is 5.75 Å². The molecule has 0 aliphatic heterocycles. The first-order chi connectivity index (χ1) is 12.6. The molecule has 26 heavy (non-hydrogen) atoms. The van der Waals surface area contributed by atoms with Crippen molar-refractivity contribution in [2.24, 2.45) is 0 Å². The van der Waals surface area contributed by atoms with E-state index in [0.29, 0.717) is 12.2 Å². The molecule has 0 heterocycles. The van der Waals surface area contributed by atoms with E-state index >= 15 is 0 Å². The van der Waals surface area contributed by atoms with Gasteiger partial charge in [0.2, 0.25) is 0 Å². The number of rotatable bonds is 9. The third-order valence-electron chi connectivity index (χ3n) is 3.87. The van der Waals surface area contributed by atoms with Crippen LogP contribution in [0.2, 0.25) is 0 Å². The first-order valence-electron chi connectivity index (χ1n) is 8.84. The fourth-order valence-corrected chi connectivity index (χ4v) is 2.53. The van der Waals surface area contributed by atoms with E-state index in [0.717, 1.165) is 17.5 Å². The highest BCUT2D eigenvalue weighted by Crippen LogP contribution is 2.13. The third-order valence-corrected chi connectivity index (χ3v) is 3.87. The van der Waals surface area contributed by atoms with Gasteiger partial charge < -0.3 is 14.8 Å². The molecule has 0 aromatic heterocycles. The van der Waals surface area contributed by atoms with E-state index in [1.165, 1.54) is 0 Å². The molecule has 1 N–H and O–H groups in total. The normalized spacial score (nSPS) is 11.5. The van der Waals surface area contributed by atoms with Gasteiger partial charge in [0.15, 0.2) is 6.61 Å². The molecule has 0 fully saturated rings. The molecule has 0 aliphatic carbocycles. The number of carbonyl (C=O) groups excluding carboxylic acids is 2. The molecule has 0 saturated heterocycles. The quantitative estimate of drug-likeness (QED) is 0.703. The Labute approximate surface area is 154 Å². The standard InChI is InChI=1S/C21H25NO4/c1-3-16-11-8-12-18(13-16)26-15-20(23)22-19(21(24)25-4-2)14-17-9-6-5-7-10-17/h5-13,19H,3-4,14-15H2,1-2H3,(H,22,23). The molecule has 1 unspecified atom stereocenters. The van der Waals surface area contributed by atoms with E-state index in [1.54, 1.807) is 13.0 Å². The third kappa shape index (κ3) is 6.24. The molecule has 0 saturated carbocycles. The first kappa shape index (κ1) is 19.5. The van der Waals surface area contributed by atoms with Crippen LogP contribution >= 0.6 is 0 Å². The predicted octanol–water partition coefficient (Wildman–Crippen LogP) is 2.92. The van der Waals surface area contributed by atoms with Gasteiger partial charge >= 0.3 is 5.97 Å². The molecule has 0 aliphatic rings. The Hall–Kier alpha value is -2.82. The fraction of sp³-hybridized carbons (Fsp3) is 0.333. The topological polar surface area (TPSA) is 64.6 Å². The maximum absolute atomic E-state index is 12.2. The average molecular weight is 355 g/mol. The van der Waals surface area contributed by atoms with E-state index in [-0.39, 0.29) is 19.1 Å². The zero-order valence-corrected chi connectivity index (χ0v) is 15.2. The average Bonchev–Trinajstić information content (AvgIpc) is 2.67. The number of carbonyl (C=O) groups is 2. The van der Waals surface area contributed by atoms with Gasteiger partial charge in [0.1, 0.15) is 11.8 Å². The van der Waals surface area contributed by atoms with Crippen LogP contribution in [0.3, 0.4) is 0 Å².